The van der Waals surface area contributed by atoms with Gasteiger partial charge in [0.2, 0.25) is 0 Å². The van der Waals surface area contributed by atoms with Crippen molar-refractivity contribution in [2.45, 2.75) is 38.7 Å². The zero-order chi connectivity index (χ0) is 11.5. The van der Waals surface area contributed by atoms with Gasteiger partial charge in [-0.1, -0.05) is 12.1 Å². The van der Waals surface area contributed by atoms with Gasteiger partial charge in [-0.15, -0.1) is 0 Å². The summed E-state index contributed by atoms with van der Waals surface area (Å²) >= 11 is 0. The number of nitrogens with two attached hydrogens (primary N) is 1. The Morgan fingerprint density at radius 3 is 2.38 bits per heavy atom. The first-order valence-electron chi connectivity index (χ1n) is 6.17. The summed E-state index contributed by atoms with van der Waals surface area (Å²) in [5.74, 6) is 2.33. The Balaban J connectivity index is 2.02. The van der Waals surface area contributed by atoms with Crippen LogP contribution in [-0.4, -0.2) is 12.6 Å². The molecule has 0 spiro atoms. The predicted octanol–water partition coefficient (Wildman–Crippen LogP) is 2.93. The second-order valence-corrected chi connectivity index (χ2v) is 4.92. The van der Waals surface area contributed by atoms with Gasteiger partial charge in [0.05, 0.1) is 6.10 Å². The molecule has 1 aromatic carbocycles. The van der Waals surface area contributed by atoms with Crippen LogP contribution in [0.5, 0.6) is 5.75 Å². The van der Waals surface area contributed by atoms with Crippen LogP contribution in [0.2, 0.25) is 0 Å². The molecule has 1 fully saturated rings. The minimum atomic E-state index is 0.242. The van der Waals surface area contributed by atoms with E-state index in [-0.39, 0.29) is 6.10 Å². The third kappa shape index (κ3) is 2.38. The molecule has 0 bridgehead atoms. The Hall–Kier alpha value is -1.02. The highest BCUT2D eigenvalue weighted by atomic mass is 16.5. The van der Waals surface area contributed by atoms with Crippen molar-refractivity contribution in [3.63, 3.8) is 0 Å². The molecule has 0 radical (unpaired) electrons. The van der Waals surface area contributed by atoms with Gasteiger partial charge >= 0.3 is 0 Å². The van der Waals surface area contributed by atoms with Crippen molar-refractivity contribution in [3.8, 4) is 5.75 Å². The summed E-state index contributed by atoms with van der Waals surface area (Å²) in [5, 5.41) is 0. The molecule has 1 aromatic rings. The van der Waals surface area contributed by atoms with Crippen LogP contribution in [0.4, 0.5) is 0 Å². The number of ether oxygens (including phenoxy) is 1. The van der Waals surface area contributed by atoms with Crippen LogP contribution in [0.25, 0.3) is 0 Å². The topological polar surface area (TPSA) is 35.2 Å². The average molecular weight is 219 g/mol. The molecule has 2 N–H and O–H groups in total. The van der Waals surface area contributed by atoms with E-state index in [0.29, 0.717) is 11.8 Å². The van der Waals surface area contributed by atoms with E-state index < -0.39 is 0 Å². The van der Waals surface area contributed by atoms with E-state index in [1.807, 2.05) is 13.8 Å². The zero-order valence-corrected chi connectivity index (χ0v) is 10.1. The molecule has 0 heterocycles. The number of benzene rings is 1. The zero-order valence-electron chi connectivity index (χ0n) is 10.1. The Morgan fingerprint density at radius 1 is 1.25 bits per heavy atom. The number of hydrogen-bond donors (Lipinski definition) is 1. The van der Waals surface area contributed by atoms with Gasteiger partial charge in [0.15, 0.2) is 0 Å². The largest absolute Gasteiger partial charge is 0.491 e. The van der Waals surface area contributed by atoms with Crippen molar-refractivity contribution < 1.29 is 4.74 Å². The van der Waals surface area contributed by atoms with Crippen LogP contribution in [-0.2, 0) is 0 Å². The second kappa shape index (κ2) is 4.88. The molecule has 2 atom stereocenters. The third-order valence-electron chi connectivity index (χ3n) is 3.40. The lowest BCUT2D eigenvalue weighted by atomic mass is 9.70. The summed E-state index contributed by atoms with van der Waals surface area (Å²) in [6.07, 6.45) is 2.81. The molecule has 0 aromatic heterocycles. The maximum atomic E-state index is 5.73. The Morgan fingerprint density at radius 2 is 1.94 bits per heavy atom. The first-order valence-corrected chi connectivity index (χ1v) is 6.17. The molecule has 2 heteroatoms. The third-order valence-corrected chi connectivity index (χ3v) is 3.40. The van der Waals surface area contributed by atoms with Gasteiger partial charge < -0.3 is 10.5 Å². The van der Waals surface area contributed by atoms with Crippen LogP contribution < -0.4 is 10.5 Å². The molecule has 0 amide bonds. The molecule has 1 aliphatic carbocycles. The van der Waals surface area contributed by atoms with Crippen molar-refractivity contribution in [3.05, 3.63) is 29.8 Å². The van der Waals surface area contributed by atoms with Crippen molar-refractivity contribution in [1.82, 2.24) is 0 Å². The summed E-state index contributed by atoms with van der Waals surface area (Å²) in [4.78, 5) is 0. The highest BCUT2D eigenvalue weighted by Crippen LogP contribution is 2.42. The maximum Gasteiger partial charge on any atom is 0.119 e. The van der Waals surface area contributed by atoms with Crippen molar-refractivity contribution in [2.75, 3.05) is 6.54 Å². The van der Waals surface area contributed by atoms with E-state index in [0.717, 1.165) is 12.3 Å². The highest BCUT2D eigenvalue weighted by Gasteiger charge is 2.30. The molecular formula is C14H21NO. The van der Waals surface area contributed by atoms with E-state index in [2.05, 4.69) is 24.3 Å². The number of rotatable bonds is 4. The summed E-state index contributed by atoms with van der Waals surface area (Å²) < 4.78 is 5.63. The van der Waals surface area contributed by atoms with Crippen LogP contribution in [0, 0.1) is 5.92 Å². The fraction of sp³-hybridized carbons (Fsp3) is 0.571. The van der Waals surface area contributed by atoms with E-state index in [1.165, 1.54) is 18.4 Å². The van der Waals surface area contributed by atoms with Crippen molar-refractivity contribution in [1.29, 1.82) is 0 Å². The van der Waals surface area contributed by atoms with E-state index in [9.17, 15) is 0 Å². The quantitative estimate of drug-likeness (QED) is 0.845. The minimum Gasteiger partial charge on any atom is -0.491 e. The first-order chi connectivity index (χ1) is 7.70. The predicted molar refractivity (Wildman–Crippen MR) is 66.7 cm³/mol. The van der Waals surface area contributed by atoms with Gasteiger partial charge in [-0.05, 0) is 62.8 Å². The molecule has 88 valence electrons. The molecular weight excluding hydrogens is 198 g/mol. The van der Waals surface area contributed by atoms with Crippen LogP contribution in [0.15, 0.2) is 24.3 Å². The van der Waals surface area contributed by atoms with Gasteiger partial charge in [0.25, 0.3) is 0 Å². The van der Waals surface area contributed by atoms with Crippen LogP contribution in [0.1, 0.15) is 38.2 Å². The summed E-state index contributed by atoms with van der Waals surface area (Å²) in [7, 11) is 0. The lowest BCUT2D eigenvalue weighted by Crippen LogP contribution is -2.30. The van der Waals surface area contributed by atoms with Crippen molar-refractivity contribution in [2.24, 2.45) is 11.7 Å². The van der Waals surface area contributed by atoms with E-state index in [4.69, 9.17) is 10.5 Å². The van der Waals surface area contributed by atoms with Gasteiger partial charge in [-0.25, -0.2) is 0 Å². The standard InChI is InChI=1S/C14H21NO/c1-10(2)16-13-6-3-11(4-7-13)14-8-5-12(14)9-15/h3-4,6-7,10,12,14H,5,8-9,15H2,1-2H3. The minimum absolute atomic E-state index is 0.242. The lowest BCUT2D eigenvalue weighted by molar-refractivity contribution is 0.241. The lowest BCUT2D eigenvalue weighted by Gasteiger charge is -2.36. The molecule has 1 aliphatic rings. The molecule has 2 nitrogen and oxygen atoms in total. The van der Waals surface area contributed by atoms with Gasteiger partial charge in [0.1, 0.15) is 5.75 Å². The highest BCUT2D eigenvalue weighted by molar-refractivity contribution is 5.31. The number of hydrogen-bond acceptors (Lipinski definition) is 2. The van der Waals surface area contributed by atoms with Gasteiger partial charge in [-0.2, -0.15) is 0 Å². The molecule has 0 aliphatic heterocycles. The SMILES string of the molecule is CC(C)Oc1ccc(C2CCC2CN)cc1. The van der Waals surface area contributed by atoms with Crippen molar-refractivity contribution >= 4 is 0 Å². The second-order valence-electron chi connectivity index (χ2n) is 4.92. The van der Waals surface area contributed by atoms with Crippen LogP contribution >= 0.6 is 0 Å². The maximum absolute atomic E-state index is 5.73. The molecule has 2 unspecified atom stereocenters. The van der Waals surface area contributed by atoms with Gasteiger partial charge in [-0.3, -0.25) is 0 Å². The molecule has 2 rings (SSSR count). The fourth-order valence-corrected chi connectivity index (χ4v) is 2.36. The monoisotopic (exact) mass is 219 g/mol. The summed E-state index contributed by atoms with van der Waals surface area (Å²) in [6.45, 7) is 4.91. The normalized spacial score (nSPS) is 24.2. The Kier molecular flexibility index (Phi) is 3.49. The summed E-state index contributed by atoms with van der Waals surface area (Å²) in [6, 6.07) is 8.51. The van der Waals surface area contributed by atoms with Crippen LogP contribution in [0.3, 0.4) is 0 Å². The molecule has 16 heavy (non-hydrogen) atoms. The van der Waals surface area contributed by atoms with E-state index >= 15 is 0 Å². The summed E-state index contributed by atoms with van der Waals surface area (Å²) in [5.41, 5.74) is 7.15. The fourth-order valence-electron chi connectivity index (χ4n) is 2.36. The first kappa shape index (κ1) is 11.5. The van der Waals surface area contributed by atoms with Gasteiger partial charge in [0, 0.05) is 0 Å². The molecule has 1 saturated carbocycles. The Bertz CT molecular complexity index is 329. The average Bonchev–Trinajstić information content (AvgIpc) is 2.19. The van der Waals surface area contributed by atoms with E-state index in [1.54, 1.807) is 0 Å². The Labute approximate surface area is 97.8 Å². The molecule has 0 saturated heterocycles. The smallest absolute Gasteiger partial charge is 0.119 e.